The van der Waals surface area contributed by atoms with Crippen LogP contribution in [0.5, 0.6) is 0 Å². The van der Waals surface area contributed by atoms with Crippen molar-refractivity contribution in [1.29, 1.82) is 0 Å². The van der Waals surface area contributed by atoms with E-state index >= 15 is 0 Å². The summed E-state index contributed by atoms with van der Waals surface area (Å²) in [6.07, 6.45) is 6.44. The van der Waals surface area contributed by atoms with Crippen LogP contribution in [0.25, 0.3) is 0 Å². The monoisotopic (exact) mass is 227 g/mol. The first-order valence-electron chi connectivity index (χ1n) is 6.50. The van der Waals surface area contributed by atoms with Gasteiger partial charge in [0.1, 0.15) is 0 Å². The highest BCUT2D eigenvalue weighted by atomic mass is 16.7. The molecule has 0 aromatic rings. The maximum atomic E-state index is 6.02. The van der Waals surface area contributed by atoms with Crippen LogP contribution in [0.1, 0.15) is 59.8 Å². The van der Waals surface area contributed by atoms with Gasteiger partial charge in [-0.2, -0.15) is 5.48 Å². The summed E-state index contributed by atoms with van der Waals surface area (Å²) in [5.41, 5.74) is 3.07. The Morgan fingerprint density at radius 3 is 2.25 bits per heavy atom. The number of hydrogen-bond donors (Lipinski definition) is 1. The van der Waals surface area contributed by atoms with Crippen molar-refractivity contribution < 1.29 is 9.57 Å². The molecule has 94 valence electrons. The van der Waals surface area contributed by atoms with Crippen LogP contribution >= 0.6 is 0 Å². The van der Waals surface area contributed by atoms with Crippen molar-refractivity contribution in [3.63, 3.8) is 0 Å². The van der Waals surface area contributed by atoms with Gasteiger partial charge in [0.15, 0.2) is 0 Å². The number of hydroxylamine groups is 1. The van der Waals surface area contributed by atoms with E-state index in [1.54, 1.807) is 0 Å². The van der Waals surface area contributed by atoms with Gasteiger partial charge < -0.3 is 4.74 Å². The van der Waals surface area contributed by atoms with E-state index in [0.717, 1.165) is 6.42 Å². The second kappa shape index (κ2) is 4.28. The Morgan fingerprint density at radius 1 is 1.12 bits per heavy atom. The molecule has 3 heteroatoms. The molecule has 1 aliphatic carbocycles. The Labute approximate surface area is 98.8 Å². The van der Waals surface area contributed by atoms with Gasteiger partial charge >= 0.3 is 0 Å². The fourth-order valence-electron chi connectivity index (χ4n) is 2.93. The zero-order valence-electron chi connectivity index (χ0n) is 11.0. The quantitative estimate of drug-likeness (QED) is 0.752. The van der Waals surface area contributed by atoms with Gasteiger partial charge in [-0.25, -0.2) is 0 Å². The molecule has 2 aliphatic rings. The van der Waals surface area contributed by atoms with E-state index in [0.29, 0.717) is 12.1 Å². The fourth-order valence-corrected chi connectivity index (χ4v) is 2.93. The second-order valence-electron chi connectivity index (χ2n) is 6.36. The van der Waals surface area contributed by atoms with Gasteiger partial charge in [0.25, 0.3) is 0 Å². The van der Waals surface area contributed by atoms with E-state index in [4.69, 9.17) is 9.57 Å². The predicted molar refractivity (Wildman–Crippen MR) is 64.1 cm³/mol. The van der Waals surface area contributed by atoms with Gasteiger partial charge in [0.2, 0.25) is 0 Å². The Kier molecular flexibility index (Phi) is 3.30. The van der Waals surface area contributed by atoms with Crippen molar-refractivity contribution in [3.05, 3.63) is 0 Å². The van der Waals surface area contributed by atoms with Crippen molar-refractivity contribution in [2.24, 2.45) is 0 Å². The van der Waals surface area contributed by atoms with E-state index in [2.05, 4.69) is 33.2 Å². The largest absolute Gasteiger partial charge is 0.368 e. The first-order valence-corrected chi connectivity index (χ1v) is 6.50. The van der Waals surface area contributed by atoms with E-state index in [-0.39, 0.29) is 11.2 Å². The van der Waals surface area contributed by atoms with Crippen LogP contribution in [-0.2, 0) is 9.57 Å². The first kappa shape index (κ1) is 12.3. The minimum atomic E-state index is -0.137. The summed E-state index contributed by atoms with van der Waals surface area (Å²) in [5.74, 6) is 0. The summed E-state index contributed by atoms with van der Waals surface area (Å²) < 4.78 is 6.02. The standard InChI is InChI=1S/C13H25NO2/c1-12(2)9-11(13(3,4)16-12)14-15-10-7-5-6-8-10/h10-11,14H,5-9H2,1-4H3. The number of nitrogens with one attached hydrogen (secondary N) is 1. The van der Waals surface area contributed by atoms with Crippen molar-refractivity contribution >= 4 is 0 Å². The molecule has 3 nitrogen and oxygen atoms in total. The normalized spacial score (nSPS) is 33.4. The molecule has 0 aromatic heterocycles. The molecule has 0 bridgehead atoms. The molecule has 1 unspecified atom stereocenters. The Balaban J connectivity index is 1.84. The molecule has 0 aromatic carbocycles. The molecule has 0 amide bonds. The van der Waals surface area contributed by atoms with E-state index in [1.807, 2.05) is 0 Å². The van der Waals surface area contributed by atoms with Gasteiger partial charge in [0.05, 0.1) is 23.3 Å². The smallest absolute Gasteiger partial charge is 0.0809 e. The molecule has 1 saturated carbocycles. The molecule has 16 heavy (non-hydrogen) atoms. The zero-order chi connectivity index (χ0) is 11.8. The zero-order valence-corrected chi connectivity index (χ0v) is 11.0. The summed E-state index contributed by atoms with van der Waals surface area (Å²) in [7, 11) is 0. The minimum Gasteiger partial charge on any atom is -0.368 e. The number of rotatable bonds is 3. The van der Waals surface area contributed by atoms with Crippen LogP contribution in [0.15, 0.2) is 0 Å². The summed E-state index contributed by atoms with van der Waals surface area (Å²) in [6, 6.07) is 0.295. The molecular formula is C13H25NO2. The topological polar surface area (TPSA) is 30.5 Å². The average molecular weight is 227 g/mol. The van der Waals surface area contributed by atoms with Crippen molar-refractivity contribution in [2.45, 2.75) is 83.1 Å². The van der Waals surface area contributed by atoms with E-state index in [9.17, 15) is 0 Å². The summed E-state index contributed by atoms with van der Waals surface area (Å²) in [4.78, 5) is 5.79. The fraction of sp³-hybridized carbons (Fsp3) is 1.00. The van der Waals surface area contributed by atoms with Crippen molar-refractivity contribution in [3.8, 4) is 0 Å². The molecule has 2 rings (SSSR count). The van der Waals surface area contributed by atoms with Crippen LogP contribution in [0.4, 0.5) is 0 Å². The lowest BCUT2D eigenvalue weighted by Gasteiger charge is -2.28. The highest BCUT2D eigenvalue weighted by Crippen LogP contribution is 2.37. The molecule has 0 spiro atoms. The highest BCUT2D eigenvalue weighted by molar-refractivity contribution is 4.97. The first-order chi connectivity index (χ1) is 7.39. The highest BCUT2D eigenvalue weighted by Gasteiger charge is 2.46. The Morgan fingerprint density at radius 2 is 1.75 bits per heavy atom. The molecular weight excluding hydrogens is 202 g/mol. The maximum Gasteiger partial charge on any atom is 0.0809 e. The molecule has 1 aliphatic heterocycles. The van der Waals surface area contributed by atoms with Crippen LogP contribution < -0.4 is 5.48 Å². The third-order valence-corrected chi connectivity index (χ3v) is 3.75. The molecule has 1 saturated heterocycles. The van der Waals surface area contributed by atoms with Gasteiger partial charge in [-0.3, -0.25) is 4.84 Å². The number of ether oxygens (including phenoxy) is 1. The third kappa shape index (κ3) is 2.76. The maximum absolute atomic E-state index is 6.02. The summed E-state index contributed by atoms with van der Waals surface area (Å²) >= 11 is 0. The predicted octanol–water partition coefficient (Wildman–Crippen LogP) is 2.80. The van der Waals surface area contributed by atoms with Crippen molar-refractivity contribution in [1.82, 2.24) is 5.48 Å². The van der Waals surface area contributed by atoms with Crippen LogP contribution in [0.2, 0.25) is 0 Å². The summed E-state index contributed by atoms with van der Waals surface area (Å²) in [6.45, 7) is 8.56. The molecule has 1 N–H and O–H groups in total. The van der Waals surface area contributed by atoms with Gasteiger partial charge in [-0.15, -0.1) is 0 Å². The summed E-state index contributed by atoms with van der Waals surface area (Å²) in [5, 5.41) is 0. The van der Waals surface area contributed by atoms with E-state index < -0.39 is 0 Å². The Bertz CT molecular complexity index is 244. The van der Waals surface area contributed by atoms with Crippen molar-refractivity contribution in [2.75, 3.05) is 0 Å². The van der Waals surface area contributed by atoms with Gasteiger partial charge in [-0.05, 0) is 47.0 Å². The Hall–Kier alpha value is -0.120. The lowest BCUT2D eigenvalue weighted by molar-refractivity contribution is -0.0990. The van der Waals surface area contributed by atoms with Crippen LogP contribution in [-0.4, -0.2) is 23.3 Å². The lowest BCUT2D eigenvalue weighted by Crippen LogP contribution is -2.44. The SMILES string of the molecule is CC1(C)CC(NOC2CCCC2)C(C)(C)O1. The molecule has 2 fully saturated rings. The lowest BCUT2D eigenvalue weighted by atomic mass is 9.95. The van der Waals surface area contributed by atoms with Gasteiger partial charge in [0, 0.05) is 0 Å². The van der Waals surface area contributed by atoms with Crippen LogP contribution in [0, 0.1) is 0 Å². The molecule has 1 heterocycles. The van der Waals surface area contributed by atoms with Crippen LogP contribution in [0.3, 0.4) is 0 Å². The minimum absolute atomic E-state index is 0.0415. The third-order valence-electron chi connectivity index (χ3n) is 3.75. The average Bonchev–Trinajstić information content (AvgIpc) is 2.67. The van der Waals surface area contributed by atoms with Gasteiger partial charge in [-0.1, -0.05) is 12.8 Å². The molecule has 0 radical (unpaired) electrons. The van der Waals surface area contributed by atoms with E-state index in [1.165, 1.54) is 25.7 Å². The second-order valence-corrected chi connectivity index (χ2v) is 6.36. The number of hydrogen-bond acceptors (Lipinski definition) is 3. The molecule has 1 atom stereocenters.